The number of ether oxygens (including phenoxy) is 1. The molecule has 0 saturated carbocycles. The lowest BCUT2D eigenvalue weighted by Crippen LogP contribution is -2.24. The molecule has 0 heterocycles. The fourth-order valence-electron chi connectivity index (χ4n) is 1.74. The van der Waals surface area contributed by atoms with E-state index in [4.69, 9.17) is 39.5 Å². The van der Waals surface area contributed by atoms with Crippen LogP contribution in [0.1, 0.15) is 5.56 Å². The molecular weight excluding hydrogens is 361 g/mol. The van der Waals surface area contributed by atoms with Crippen LogP contribution in [0.4, 0.5) is 10.5 Å². The smallest absolute Gasteiger partial charge is 0.339 e. The molecule has 120 valence electrons. The molecule has 0 atom stereocenters. The summed E-state index contributed by atoms with van der Waals surface area (Å²) in [4.78, 5) is 11.7. The molecule has 0 aliphatic rings. The summed E-state index contributed by atoms with van der Waals surface area (Å²) in [5.41, 5.74) is 3.50. The van der Waals surface area contributed by atoms with Crippen molar-refractivity contribution in [3.63, 3.8) is 0 Å². The number of rotatable bonds is 4. The summed E-state index contributed by atoms with van der Waals surface area (Å²) in [6.45, 7) is 0. The Morgan fingerprint density at radius 3 is 2.48 bits per heavy atom. The van der Waals surface area contributed by atoms with Crippen LogP contribution in [0.5, 0.6) is 5.75 Å². The number of hydrogen-bond acceptors (Lipinski definition) is 3. The summed E-state index contributed by atoms with van der Waals surface area (Å²) < 4.78 is 5.05. The summed E-state index contributed by atoms with van der Waals surface area (Å²) in [7, 11) is 1.47. The molecule has 2 N–H and O–H groups in total. The summed E-state index contributed by atoms with van der Waals surface area (Å²) >= 11 is 17.9. The van der Waals surface area contributed by atoms with Gasteiger partial charge in [-0.2, -0.15) is 5.10 Å². The van der Waals surface area contributed by atoms with Gasteiger partial charge in [-0.1, -0.05) is 40.9 Å². The molecule has 2 aromatic carbocycles. The van der Waals surface area contributed by atoms with Gasteiger partial charge in [0.05, 0.1) is 23.4 Å². The van der Waals surface area contributed by atoms with Gasteiger partial charge < -0.3 is 10.1 Å². The maximum atomic E-state index is 11.7. The van der Waals surface area contributed by atoms with Crippen molar-refractivity contribution in [3.8, 4) is 5.75 Å². The van der Waals surface area contributed by atoms with Gasteiger partial charge in [-0.05, 0) is 35.9 Å². The molecule has 8 heteroatoms. The molecule has 0 saturated heterocycles. The molecular formula is C15H12Cl3N3O2. The summed E-state index contributed by atoms with van der Waals surface area (Å²) in [5, 5.41) is 7.63. The van der Waals surface area contributed by atoms with Crippen LogP contribution in [0.3, 0.4) is 0 Å². The fourth-order valence-corrected chi connectivity index (χ4v) is 2.59. The van der Waals surface area contributed by atoms with E-state index in [1.54, 1.807) is 36.4 Å². The number of hydrogen-bond donors (Lipinski definition) is 2. The number of amides is 2. The van der Waals surface area contributed by atoms with E-state index in [1.165, 1.54) is 13.3 Å². The third-order valence-electron chi connectivity index (χ3n) is 2.69. The number of carbonyl (C=O) groups excluding carboxylic acids is 1. The zero-order valence-corrected chi connectivity index (χ0v) is 14.2. The van der Waals surface area contributed by atoms with Gasteiger partial charge in [0.25, 0.3) is 0 Å². The minimum absolute atomic E-state index is 0.352. The average molecular weight is 373 g/mol. The Hall–Kier alpha value is -1.95. The summed E-state index contributed by atoms with van der Waals surface area (Å²) in [6, 6.07) is 9.49. The maximum absolute atomic E-state index is 11.7. The SMILES string of the molecule is COc1c(Cl)cc(/C=N\NC(=O)Nc2cccc(Cl)c2)cc1Cl. The highest BCUT2D eigenvalue weighted by atomic mass is 35.5. The Kier molecular flexibility index (Phi) is 6.10. The van der Waals surface area contributed by atoms with Gasteiger partial charge in [0.15, 0.2) is 5.75 Å². The van der Waals surface area contributed by atoms with E-state index in [0.29, 0.717) is 32.1 Å². The molecule has 0 aliphatic heterocycles. The van der Waals surface area contributed by atoms with Crippen LogP contribution in [0.2, 0.25) is 15.1 Å². The van der Waals surface area contributed by atoms with E-state index in [2.05, 4.69) is 15.8 Å². The Balaban J connectivity index is 1.97. The number of methoxy groups -OCH3 is 1. The van der Waals surface area contributed by atoms with Crippen molar-refractivity contribution in [2.24, 2.45) is 5.10 Å². The predicted octanol–water partition coefficient (Wildman–Crippen LogP) is 4.81. The molecule has 5 nitrogen and oxygen atoms in total. The number of hydrazone groups is 1. The Morgan fingerprint density at radius 1 is 1.17 bits per heavy atom. The number of nitrogens with zero attached hydrogens (tertiary/aromatic N) is 1. The average Bonchev–Trinajstić information content (AvgIpc) is 2.47. The van der Waals surface area contributed by atoms with Crippen molar-refractivity contribution in [1.29, 1.82) is 0 Å². The highest BCUT2D eigenvalue weighted by molar-refractivity contribution is 6.37. The van der Waals surface area contributed by atoms with E-state index < -0.39 is 6.03 Å². The first-order chi connectivity index (χ1) is 11.0. The van der Waals surface area contributed by atoms with Crippen molar-refractivity contribution in [2.45, 2.75) is 0 Å². The lowest BCUT2D eigenvalue weighted by molar-refractivity contribution is 0.252. The molecule has 0 unspecified atom stereocenters. The Morgan fingerprint density at radius 2 is 1.87 bits per heavy atom. The molecule has 0 fully saturated rings. The van der Waals surface area contributed by atoms with Crippen LogP contribution in [0, 0.1) is 0 Å². The molecule has 23 heavy (non-hydrogen) atoms. The number of nitrogens with one attached hydrogen (secondary N) is 2. The minimum Gasteiger partial charge on any atom is -0.494 e. The first-order valence-electron chi connectivity index (χ1n) is 6.38. The second kappa shape index (κ2) is 8.06. The fraction of sp³-hybridized carbons (Fsp3) is 0.0667. The van der Waals surface area contributed by atoms with Gasteiger partial charge in [-0.25, -0.2) is 10.2 Å². The van der Waals surface area contributed by atoms with Gasteiger partial charge in [0.1, 0.15) is 0 Å². The first-order valence-corrected chi connectivity index (χ1v) is 7.51. The minimum atomic E-state index is -0.505. The zero-order valence-electron chi connectivity index (χ0n) is 11.9. The molecule has 2 rings (SSSR count). The topological polar surface area (TPSA) is 62.7 Å². The monoisotopic (exact) mass is 371 g/mol. The molecule has 0 aliphatic carbocycles. The van der Waals surface area contributed by atoms with Gasteiger partial charge in [0.2, 0.25) is 0 Å². The van der Waals surface area contributed by atoms with Crippen LogP contribution in [-0.2, 0) is 0 Å². The normalized spacial score (nSPS) is 10.6. The number of urea groups is 1. The molecule has 0 bridgehead atoms. The largest absolute Gasteiger partial charge is 0.494 e. The summed E-state index contributed by atoms with van der Waals surface area (Å²) in [6.07, 6.45) is 1.41. The van der Waals surface area contributed by atoms with Crippen LogP contribution in [-0.4, -0.2) is 19.4 Å². The van der Waals surface area contributed by atoms with E-state index >= 15 is 0 Å². The van der Waals surface area contributed by atoms with Crippen LogP contribution >= 0.6 is 34.8 Å². The second-order valence-electron chi connectivity index (χ2n) is 4.35. The zero-order chi connectivity index (χ0) is 16.8. The van der Waals surface area contributed by atoms with Gasteiger partial charge >= 0.3 is 6.03 Å². The van der Waals surface area contributed by atoms with Crippen molar-refractivity contribution in [1.82, 2.24) is 5.43 Å². The number of halogens is 3. The third-order valence-corrected chi connectivity index (χ3v) is 3.48. The molecule has 2 aromatic rings. The third kappa shape index (κ3) is 5.03. The maximum Gasteiger partial charge on any atom is 0.339 e. The standard InChI is InChI=1S/C15H12Cl3N3O2/c1-23-14-12(17)5-9(6-13(14)18)8-19-21-15(22)20-11-4-2-3-10(16)7-11/h2-8H,1H3,(H2,20,21,22)/b19-8-. The Bertz CT molecular complexity index is 727. The molecule has 2 amide bonds. The number of anilines is 1. The molecule has 0 spiro atoms. The Labute approximate surface area is 148 Å². The van der Waals surface area contributed by atoms with Crippen LogP contribution in [0.15, 0.2) is 41.5 Å². The van der Waals surface area contributed by atoms with Crippen LogP contribution < -0.4 is 15.5 Å². The van der Waals surface area contributed by atoms with Crippen molar-refractivity contribution >= 4 is 52.7 Å². The van der Waals surface area contributed by atoms with Crippen molar-refractivity contribution in [2.75, 3.05) is 12.4 Å². The van der Waals surface area contributed by atoms with E-state index in [9.17, 15) is 4.79 Å². The van der Waals surface area contributed by atoms with Gasteiger partial charge in [-0.3, -0.25) is 0 Å². The highest BCUT2D eigenvalue weighted by Gasteiger charge is 2.07. The van der Waals surface area contributed by atoms with Crippen molar-refractivity contribution < 1.29 is 9.53 Å². The molecule has 0 radical (unpaired) electrons. The van der Waals surface area contributed by atoms with Gasteiger partial charge in [-0.15, -0.1) is 0 Å². The van der Waals surface area contributed by atoms with Gasteiger partial charge in [0, 0.05) is 10.7 Å². The summed E-state index contributed by atoms with van der Waals surface area (Å²) in [5.74, 6) is 0.386. The number of carbonyl (C=O) groups is 1. The highest BCUT2D eigenvalue weighted by Crippen LogP contribution is 2.33. The molecule has 0 aromatic heterocycles. The second-order valence-corrected chi connectivity index (χ2v) is 5.60. The van der Waals surface area contributed by atoms with E-state index in [1.807, 2.05) is 0 Å². The predicted molar refractivity (Wildman–Crippen MR) is 94.2 cm³/mol. The van der Waals surface area contributed by atoms with Crippen molar-refractivity contribution in [3.05, 3.63) is 57.0 Å². The van der Waals surface area contributed by atoms with E-state index in [0.717, 1.165) is 0 Å². The lowest BCUT2D eigenvalue weighted by Gasteiger charge is -2.06. The number of benzene rings is 2. The first kappa shape index (κ1) is 17.4. The lowest BCUT2D eigenvalue weighted by atomic mass is 10.2. The van der Waals surface area contributed by atoms with Crippen LogP contribution in [0.25, 0.3) is 0 Å². The quantitative estimate of drug-likeness (QED) is 0.597. The van der Waals surface area contributed by atoms with E-state index in [-0.39, 0.29) is 0 Å².